The third-order valence-electron chi connectivity index (χ3n) is 4.40. The Bertz CT molecular complexity index is 886. The molecule has 0 aliphatic carbocycles. The van der Waals surface area contributed by atoms with Crippen LogP contribution < -0.4 is 10.2 Å². The molecule has 1 aromatic heterocycles. The summed E-state index contributed by atoms with van der Waals surface area (Å²) >= 11 is 0. The third kappa shape index (κ3) is 2.58. The van der Waals surface area contributed by atoms with Gasteiger partial charge < -0.3 is 10.2 Å². The van der Waals surface area contributed by atoms with Gasteiger partial charge in [0.05, 0.1) is 5.52 Å². The van der Waals surface area contributed by atoms with Crippen LogP contribution in [0.2, 0.25) is 0 Å². The number of benzene rings is 2. The van der Waals surface area contributed by atoms with E-state index >= 15 is 0 Å². The predicted molar refractivity (Wildman–Crippen MR) is 95.1 cm³/mol. The smallest absolute Gasteiger partial charge is 0.249 e. The molecule has 1 aliphatic rings. The Labute approximate surface area is 140 Å². The summed E-state index contributed by atoms with van der Waals surface area (Å²) in [5.74, 6) is 0.797. The second-order valence-corrected chi connectivity index (χ2v) is 6.05. The quantitative estimate of drug-likeness (QED) is 0.806. The molecule has 2 aromatic carbocycles. The van der Waals surface area contributed by atoms with Crippen molar-refractivity contribution in [2.45, 2.75) is 19.4 Å². The Kier molecular flexibility index (Phi) is 3.61. The number of aromatic nitrogens is 2. The van der Waals surface area contributed by atoms with E-state index in [1.807, 2.05) is 60.4 Å². The van der Waals surface area contributed by atoms with Crippen molar-refractivity contribution >= 4 is 28.3 Å². The van der Waals surface area contributed by atoms with Gasteiger partial charge in [0.2, 0.25) is 5.91 Å². The summed E-state index contributed by atoms with van der Waals surface area (Å²) < 4.78 is 0. The first kappa shape index (κ1) is 14.6. The summed E-state index contributed by atoms with van der Waals surface area (Å²) in [5, 5.41) is 4.23. The molecule has 120 valence electrons. The lowest BCUT2D eigenvalue weighted by molar-refractivity contribution is -0.117. The van der Waals surface area contributed by atoms with Crippen molar-refractivity contribution in [3.05, 3.63) is 60.4 Å². The van der Waals surface area contributed by atoms with Crippen LogP contribution in [0.15, 0.2) is 54.9 Å². The van der Waals surface area contributed by atoms with E-state index in [0.717, 1.165) is 23.0 Å². The van der Waals surface area contributed by atoms with Crippen molar-refractivity contribution < 1.29 is 4.79 Å². The molecule has 1 unspecified atom stereocenters. The van der Waals surface area contributed by atoms with Gasteiger partial charge in [-0.05, 0) is 37.6 Å². The highest BCUT2D eigenvalue weighted by Crippen LogP contribution is 2.25. The van der Waals surface area contributed by atoms with E-state index in [4.69, 9.17) is 0 Å². The van der Waals surface area contributed by atoms with Crippen LogP contribution in [0.5, 0.6) is 0 Å². The summed E-state index contributed by atoms with van der Waals surface area (Å²) in [5.41, 5.74) is 3.01. The Morgan fingerprint density at radius 1 is 1.08 bits per heavy atom. The first-order valence-electron chi connectivity index (χ1n) is 8.07. The van der Waals surface area contributed by atoms with Gasteiger partial charge in [-0.25, -0.2) is 9.97 Å². The number of carbonyl (C=O) groups is 1. The second kappa shape index (κ2) is 5.92. The van der Waals surface area contributed by atoms with Crippen molar-refractivity contribution in [2.75, 3.05) is 16.8 Å². The van der Waals surface area contributed by atoms with Crippen LogP contribution in [0.1, 0.15) is 12.0 Å². The van der Waals surface area contributed by atoms with Gasteiger partial charge >= 0.3 is 0 Å². The number of anilines is 2. The molecular weight excluding hydrogens is 300 g/mol. The standard InChI is InChI=1S/C19H18N4O/c1-13-6-8-14(9-7-13)23-11-10-17(19(23)24)22-18-15-4-2-3-5-16(15)20-12-21-18/h2-9,12,17H,10-11H2,1H3,(H,20,21,22). The normalized spacial score (nSPS) is 17.5. The highest BCUT2D eigenvalue weighted by molar-refractivity contribution is 6.02. The number of nitrogens with zero attached hydrogens (tertiary/aromatic N) is 3. The van der Waals surface area contributed by atoms with Crippen LogP contribution in [0.3, 0.4) is 0 Å². The lowest BCUT2D eigenvalue weighted by Crippen LogP contribution is -2.33. The first-order valence-corrected chi connectivity index (χ1v) is 8.07. The molecule has 4 rings (SSSR count). The van der Waals surface area contributed by atoms with E-state index in [1.54, 1.807) is 0 Å². The zero-order valence-corrected chi connectivity index (χ0v) is 13.4. The molecule has 1 saturated heterocycles. The van der Waals surface area contributed by atoms with E-state index in [0.29, 0.717) is 12.4 Å². The molecule has 1 N–H and O–H groups in total. The van der Waals surface area contributed by atoms with E-state index in [2.05, 4.69) is 15.3 Å². The zero-order chi connectivity index (χ0) is 16.5. The van der Waals surface area contributed by atoms with Gasteiger partial charge in [0.15, 0.2) is 0 Å². The third-order valence-corrected chi connectivity index (χ3v) is 4.40. The number of amides is 1. The van der Waals surface area contributed by atoms with Gasteiger partial charge in [-0.2, -0.15) is 0 Å². The van der Waals surface area contributed by atoms with E-state index < -0.39 is 0 Å². The number of fused-ring (bicyclic) bond motifs is 1. The van der Waals surface area contributed by atoms with Crippen LogP contribution in [-0.2, 0) is 4.79 Å². The summed E-state index contributed by atoms with van der Waals surface area (Å²) in [6.45, 7) is 2.75. The number of hydrogen-bond donors (Lipinski definition) is 1. The van der Waals surface area contributed by atoms with Gasteiger partial charge in [0.25, 0.3) is 0 Å². The molecule has 1 aliphatic heterocycles. The molecule has 0 spiro atoms. The molecule has 1 fully saturated rings. The molecule has 0 saturated carbocycles. The van der Waals surface area contributed by atoms with Crippen molar-refractivity contribution in [3.8, 4) is 0 Å². The van der Waals surface area contributed by atoms with Crippen LogP contribution in [0.25, 0.3) is 10.9 Å². The van der Waals surface area contributed by atoms with Crippen LogP contribution in [0.4, 0.5) is 11.5 Å². The summed E-state index contributed by atoms with van der Waals surface area (Å²) in [6, 6.07) is 15.6. The fourth-order valence-corrected chi connectivity index (χ4v) is 3.08. The molecule has 1 amide bonds. The molecule has 5 heteroatoms. The Balaban J connectivity index is 1.57. The minimum absolute atomic E-state index is 0.0848. The predicted octanol–water partition coefficient (Wildman–Crippen LogP) is 3.16. The lowest BCUT2D eigenvalue weighted by atomic mass is 10.2. The Hall–Kier alpha value is -2.95. The Morgan fingerprint density at radius 2 is 1.88 bits per heavy atom. The zero-order valence-electron chi connectivity index (χ0n) is 13.4. The van der Waals surface area contributed by atoms with Gasteiger partial charge in [-0.1, -0.05) is 29.8 Å². The molecule has 24 heavy (non-hydrogen) atoms. The van der Waals surface area contributed by atoms with Crippen molar-refractivity contribution in [2.24, 2.45) is 0 Å². The van der Waals surface area contributed by atoms with Crippen LogP contribution in [-0.4, -0.2) is 28.5 Å². The van der Waals surface area contributed by atoms with Gasteiger partial charge in [0, 0.05) is 17.6 Å². The van der Waals surface area contributed by atoms with E-state index in [9.17, 15) is 4.79 Å². The summed E-state index contributed by atoms with van der Waals surface area (Å²) in [4.78, 5) is 23.2. The fourth-order valence-electron chi connectivity index (χ4n) is 3.08. The minimum Gasteiger partial charge on any atom is -0.358 e. The van der Waals surface area contributed by atoms with E-state index in [-0.39, 0.29) is 11.9 Å². The number of para-hydroxylation sites is 1. The van der Waals surface area contributed by atoms with Crippen molar-refractivity contribution in [1.29, 1.82) is 0 Å². The first-order chi connectivity index (χ1) is 11.7. The number of carbonyl (C=O) groups excluding carboxylic acids is 1. The maximum Gasteiger partial charge on any atom is 0.249 e. The molecule has 2 heterocycles. The summed E-state index contributed by atoms with van der Waals surface area (Å²) in [6.07, 6.45) is 2.28. The largest absolute Gasteiger partial charge is 0.358 e. The van der Waals surface area contributed by atoms with Gasteiger partial charge in [-0.15, -0.1) is 0 Å². The van der Waals surface area contributed by atoms with Crippen LogP contribution in [0, 0.1) is 6.92 Å². The van der Waals surface area contributed by atoms with E-state index in [1.165, 1.54) is 11.9 Å². The fraction of sp³-hybridized carbons (Fsp3) is 0.211. The SMILES string of the molecule is Cc1ccc(N2CCC(Nc3ncnc4ccccc34)C2=O)cc1. The monoisotopic (exact) mass is 318 g/mol. The second-order valence-electron chi connectivity index (χ2n) is 6.05. The molecule has 0 bridgehead atoms. The van der Waals surface area contributed by atoms with Gasteiger partial charge in [-0.3, -0.25) is 4.79 Å². The lowest BCUT2D eigenvalue weighted by Gasteiger charge is -2.18. The van der Waals surface area contributed by atoms with Crippen molar-refractivity contribution in [3.63, 3.8) is 0 Å². The number of rotatable bonds is 3. The molecule has 3 aromatic rings. The van der Waals surface area contributed by atoms with Crippen LogP contribution >= 0.6 is 0 Å². The molecule has 0 radical (unpaired) electrons. The molecular formula is C19H18N4O. The van der Waals surface area contributed by atoms with Gasteiger partial charge in [0.1, 0.15) is 18.2 Å². The average molecular weight is 318 g/mol. The molecule has 1 atom stereocenters. The highest BCUT2D eigenvalue weighted by Gasteiger charge is 2.32. The number of hydrogen-bond acceptors (Lipinski definition) is 4. The number of aryl methyl sites for hydroxylation is 1. The Morgan fingerprint density at radius 3 is 2.71 bits per heavy atom. The number of nitrogens with one attached hydrogen (secondary N) is 1. The maximum atomic E-state index is 12.8. The summed E-state index contributed by atoms with van der Waals surface area (Å²) in [7, 11) is 0. The van der Waals surface area contributed by atoms with Crippen molar-refractivity contribution in [1.82, 2.24) is 9.97 Å². The topological polar surface area (TPSA) is 58.1 Å². The molecule has 5 nitrogen and oxygen atoms in total. The average Bonchev–Trinajstić information content (AvgIpc) is 2.97. The minimum atomic E-state index is -0.260. The maximum absolute atomic E-state index is 12.8. The highest BCUT2D eigenvalue weighted by atomic mass is 16.2.